The lowest BCUT2D eigenvalue weighted by atomic mass is 10.1. The average Bonchev–Trinajstić information content (AvgIpc) is 2.26. The van der Waals surface area contributed by atoms with Crippen molar-refractivity contribution in [2.24, 2.45) is 0 Å². The molecule has 0 aliphatic heterocycles. The summed E-state index contributed by atoms with van der Waals surface area (Å²) in [7, 11) is 1.28. The highest BCUT2D eigenvalue weighted by molar-refractivity contribution is 9.09. The van der Waals surface area contributed by atoms with Crippen molar-refractivity contribution in [2.75, 3.05) is 18.2 Å². The lowest BCUT2D eigenvalue weighted by Gasteiger charge is -2.05. The molecule has 4 nitrogen and oxygen atoms in total. The Kier molecular flexibility index (Phi) is 3.85. The number of methoxy groups -OCH3 is 1. The third kappa shape index (κ3) is 2.56. The monoisotopic (exact) mass is 271 g/mol. The van der Waals surface area contributed by atoms with Gasteiger partial charge in [0.05, 0.1) is 18.0 Å². The summed E-state index contributed by atoms with van der Waals surface area (Å²) in [5.74, 6) is -0.594. The number of nitrogens with two attached hydrogens (primary N) is 1. The molecule has 1 aromatic carbocycles. The first-order valence-corrected chi connectivity index (χ1v) is 5.29. The number of benzene rings is 1. The van der Waals surface area contributed by atoms with Crippen molar-refractivity contribution < 1.29 is 14.3 Å². The summed E-state index contributed by atoms with van der Waals surface area (Å²) in [5, 5.41) is 0.226. The minimum absolute atomic E-state index is 0.0851. The van der Waals surface area contributed by atoms with Crippen molar-refractivity contribution in [1.82, 2.24) is 0 Å². The van der Waals surface area contributed by atoms with Gasteiger partial charge in [-0.2, -0.15) is 0 Å². The SMILES string of the molecule is COC(=O)c1ccc(C(=O)CBr)cc1N. The summed E-state index contributed by atoms with van der Waals surface area (Å²) in [6.45, 7) is 0. The second-order valence-corrected chi connectivity index (χ2v) is 3.41. The van der Waals surface area contributed by atoms with E-state index in [2.05, 4.69) is 20.7 Å². The van der Waals surface area contributed by atoms with Gasteiger partial charge in [0.1, 0.15) is 0 Å². The number of halogens is 1. The number of Topliss-reactive ketones (excluding diaryl/α,β-unsaturated/α-hetero) is 1. The van der Waals surface area contributed by atoms with Crippen LogP contribution in [0.2, 0.25) is 0 Å². The van der Waals surface area contributed by atoms with E-state index < -0.39 is 5.97 Å². The molecule has 0 aliphatic rings. The predicted octanol–water partition coefficient (Wildman–Crippen LogP) is 1.63. The first-order valence-electron chi connectivity index (χ1n) is 4.17. The number of nitrogen functional groups attached to an aromatic ring is 1. The summed E-state index contributed by atoms with van der Waals surface area (Å²) in [6, 6.07) is 4.50. The minimum Gasteiger partial charge on any atom is -0.465 e. The lowest BCUT2D eigenvalue weighted by molar-refractivity contribution is 0.0601. The number of alkyl halides is 1. The number of carbonyl (C=O) groups is 2. The molecule has 0 radical (unpaired) electrons. The van der Waals surface area contributed by atoms with Crippen LogP contribution < -0.4 is 5.73 Å². The van der Waals surface area contributed by atoms with Gasteiger partial charge in [0.25, 0.3) is 0 Å². The quantitative estimate of drug-likeness (QED) is 0.393. The Labute approximate surface area is 95.5 Å². The van der Waals surface area contributed by atoms with Crippen LogP contribution in [0.25, 0.3) is 0 Å². The Balaban J connectivity index is 3.08. The molecule has 1 aromatic rings. The fraction of sp³-hybridized carbons (Fsp3) is 0.200. The van der Waals surface area contributed by atoms with E-state index in [1.807, 2.05) is 0 Å². The van der Waals surface area contributed by atoms with Crippen molar-refractivity contribution >= 4 is 33.4 Å². The Morgan fingerprint density at radius 3 is 2.60 bits per heavy atom. The molecule has 0 aromatic heterocycles. The second kappa shape index (κ2) is 4.93. The molecule has 2 N–H and O–H groups in total. The van der Waals surface area contributed by atoms with Crippen LogP contribution in [0.15, 0.2) is 18.2 Å². The average molecular weight is 272 g/mol. The largest absolute Gasteiger partial charge is 0.465 e. The predicted molar refractivity (Wildman–Crippen MR) is 60.3 cm³/mol. The number of carbonyl (C=O) groups excluding carboxylic acids is 2. The highest BCUT2D eigenvalue weighted by Gasteiger charge is 2.12. The third-order valence-electron chi connectivity index (χ3n) is 1.90. The van der Waals surface area contributed by atoms with Gasteiger partial charge in [-0.25, -0.2) is 4.79 Å². The van der Waals surface area contributed by atoms with E-state index in [0.29, 0.717) is 5.56 Å². The smallest absolute Gasteiger partial charge is 0.339 e. The van der Waals surface area contributed by atoms with Gasteiger partial charge < -0.3 is 10.5 Å². The zero-order chi connectivity index (χ0) is 11.4. The second-order valence-electron chi connectivity index (χ2n) is 2.85. The molecule has 0 amide bonds. The molecule has 0 aliphatic carbocycles. The Morgan fingerprint density at radius 2 is 2.13 bits per heavy atom. The van der Waals surface area contributed by atoms with Gasteiger partial charge in [-0.1, -0.05) is 22.0 Å². The zero-order valence-electron chi connectivity index (χ0n) is 8.12. The number of hydrogen-bond donors (Lipinski definition) is 1. The van der Waals surface area contributed by atoms with Crippen molar-refractivity contribution in [3.8, 4) is 0 Å². The van der Waals surface area contributed by atoms with Crippen molar-refractivity contribution in [1.29, 1.82) is 0 Å². The van der Waals surface area contributed by atoms with Gasteiger partial charge in [-0.15, -0.1) is 0 Å². The van der Waals surface area contributed by atoms with Crippen LogP contribution in [0.4, 0.5) is 5.69 Å². The molecule has 0 atom stereocenters. The van der Waals surface area contributed by atoms with Crippen LogP contribution in [0.5, 0.6) is 0 Å². The molecule has 0 fully saturated rings. The van der Waals surface area contributed by atoms with Crippen LogP contribution in [0.3, 0.4) is 0 Å². The van der Waals surface area contributed by atoms with Gasteiger partial charge in [0.15, 0.2) is 5.78 Å². The number of ketones is 1. The molecule has 15 heavy (non-hydrogen) atoms. The molecule has 0 bridgehead atoms. The Morgan fingerprint density at radius 1 is 1.47 bits per heavy atom. The van der Waals surface area contributed by atoms with Crippen molar-refractivity contribution in [2.45, 2.75) is 0 Å². The molecule has 1 rings (SSSR count). The Bertz CT molecular complexity index is 404. The highest BCUT2D eigenvalue weighted by atomic mass is 79.9. The molecular formula is C10H10BrNO3. The van der Waals surface area contributed by atoms with Gasteiger partial charge in [-0.05, 0) is 12.1 Å². The molecule has 0 saturated carbocycles. The summed E-state index contributed by atoms with van der Waals surface area (Å²) in [6.07, 6.45) is 0. The minimum atomic E-state index is -0.509. The van der Waals surface area contributed by atoms with Crippen LogP contribution in [0, 0.1) is 0 Å². The molecular weight excluding hydrogens is 262 g/mol. The third-order valence-corrected chi connectivity index (χ3v) is 2.41. The van der Waals surface area contributed by atoms with Gasteiger partial charge in [0.2, 0.25) is 0 Å². The van der Waals surface area contributed by atoms with E-state index >= 15 is 0 Å². The van der Waals surface area contributed by atoms with E-state index in [1.54, 1.807) is 6.07 Å². The normalized spacial score (nSPS) is 9.73. The summed E-state index contributed by atoms with van der Waals surface area (Å²) in [4.78, 5) is 22.5. The number of ether oxygens (including phenoxy) is 1. The standard InChI is InChI=1S/C10H10BrNO3/c1-15-10(14)7-3-2-6(4-8(7)12)9(13)5-11/h2-4H,5,12H2,1H3. The summed E-state index contributed by atoms with van der Waals surface area (Å²) >= 11 is 3.06. The Hall–Kier alpha value is -1.36. The number of anilines is 1. The molecule has 80 valence electrons. The molecule has 0 spiro atoms. The topological polar surface area (TPSA) is 69.4 Å². The first-order chi connectivity index (χ1) is 7.10. The maximum absolute atomic E-state index is 11.3. The van der Waals surface area contributed by atoms with E-state index in [1.165, 1.54) is 19.2 Å². The fourth-order valence-corrected chi connectivity index (χ4v) is 1.43. The number of rotatable bonds is 3. The van der Waals surface area contributed by atoms with Gasteiger partial charge in [-0.3, -0.25) is 4.79 Å². The van der Waals surface area contributed by atoms with Crippen LogP contribution in [-0.4, -0.2) is 24.2 Å². The van der Waals surface area contributed by atoms with E-state index in [0.717, 1.165) is 0 Å². The van der Waals surface area contributed by atoms with Crippen LogP contribution in [0.1, 0.15) is 20.7 Å². The maximum Gasteiger partial charge on any atom is 0.339 e. The maximum atomic E-state index is 11.3. The van der Waals surface area contributed by atoms with Gasteiger partial charge in [0, 0.05) is 11.3 Å². The van der Waals surface area contributed by atoms with E-state index in [-0.39, 0.29) is 22.4 Å². The lowest BCUT2D eigenvalue weighted by Crippen LogP contribution is -2.08. The van der Waals surface area contributed by atoms with E-state index in [4.69, 9.17) is 5.73 Å². The van der Waals surface area contributed by atoms with Crippen molar-refractivity contribution in [3.63, 3.8) is 0 Å². The highest BCUT2D eigenvalue weighted by Crippen LogP contribution is 2.16. The number of esters is 1. The first kappa shape index (κ1) is 11.7. The van der Waals surface area contributed by atoms with Crippen molar-refractivity contribution in [3.05, 3.63) is 29.3 Å². The number of hydrogen-bond acceptors (Lipinski definition) is 4. The van der Waals surface area contributed by atoms with Gasteiger partial charge >= 0.3 is 5.97 Å². The molecule has 0 heterocycles. The zero-order valence-corrected chi connectivity index (χ0v) is 9.71. The summed E-state index contributed by atoms with van der Waals surface area (Å²) < 4.78 is 4.53. The van der Waals surface area contributed by atoms with Crippen LogP contribution >= 0.6 is 15.9 Å². The molecule has 5 heteroatoms. The molecule has 0 unspecified atom stereocenters. The van der Waals surface area contributed by atoms with E-state index in [9.17, 15) is 9.59 Å². The summed E-state index contributed by atoms with van der Waals surface area (Å²) in [5.41, 5.74) is 6.60. The van der Waals surface area contributed by atoms with Crippen LogP contribution in [-0.2, 0) is 4.74 Å². The fourth-order valence-electron chi connectivity index (χ4n) is 1.11. The molecule has 0 saturated heterocycles.